The number of nitrogen functional groups attached to an aromatic ring is 1. The van der Waals surface area contributed by atoms with Gasteiger partial charge in [0.15, 0.2) is 42.6 Å². The van der Waals surface area contributed by atoms with Crippen molar-refractivity contribution in [2.24, 2.45) is 10.2 Å². The van der Waals surface area contributed by atoms with E-state index in [0.29, 0.717) is 17.2 Å². The van der Waals surface area contributed by atoms with Crippen LogP contribution >= 0.6 is 0 Å². The number of aromatic nitrogens is 4. The summed E-state index contributed by atoms with van der Waals surface area (Å²) in [6.07, 6.45) is 0.639. The lowest BCUT2D eigenvalue weighted by atomic mass is 10.3. The molecule has 2 aliphatic rings. The van der Waals surface area contributed by atoms with Crippen LogP contribution in [-0.4, -0.2) is 59.6 Å². The molecule has 15 heteroatoms. The highest BCUT2D eigenvalue weighted by atomic mass is 16.5. The first-order chi connectivity index (χ1) is 15.5. The van der Waals surface area contributed by atoms with Crippen molar-refractivity contribution in [3.63, 3.8) is 0 Å². The Labute approximate surface area is 184 Å². The van der Waals surface area contributed by atoms with E-state index in [4.69, 9.17) is 21.8 Å². The minimum Gasteiger partial charge on any atom is -0.382 e. The van der Waals surface area contributed by atoms with Crippen LogP contribution in [0.5, 0.6) is 0 Å². The zero-order valence-electron chi connectivity index (χ0n) is 18.0. The molecule has 0 aromatic carbocycles. The van der Waals surface area contributed by atoms with Gasteiger partial charge in [-0.2, -0.15) is 10.2 Å². The van der Waals surface area contributed by atoms with Gasteiger partial charge >= 0.3 is 0 Å². The largest absolute Gasteiger partial charge is 0.382 e. The summed E-state index contributed by atoms with van der Waals surface area (Å²) in [6, 6.07) is 0. The molecule has 0 amide bonds. The third-order valence-electron chi connectivity index (χ3n) is 5.12. The van der Waals surface area contributed by atoms with E-state index in [1.807, 2.05) is 0 Å². The van der Waals surface area contributed by atoms with Crippen LogP contribution in [0.1, 0.15) is 24.7 Å². The summed E-state index contributed by atoms with van der Waals surface area (Å²) in [5.41, 5.74) is 7.60. The van der Waals surface area contributed by atoms with Crippen molar-refractivity contribution >= 4 is 23.0 Å². The number of azo groups is 1. The van der Waals surface area contributed by atoms with Crippen molar-refractivity contribution < 1.29 is 9.47 Å². The van der Waals surface area contributed by atoms with Gasteiger partial charge in [0.25, 0.3) is 5.69 Å². The van der Waals surface area contributed by atoms with Crippen molar-refractivity contribution in [1.82, 2.24) is 46.1 Å². The van der Waals surface area contributed by atoms with Gasteiger partial charge in [-0.3, -0.25) is 10.6 Å². The number of rotatable bonds is 6. The van der Waals surface area contributed by atoms with Crippen LogP contribution in [0.4, 0.5) is 23.0 Å². The molecule has 2 saturated heterocycles. The zero-order chi connectivity index (χ0) is 22.7. The summed E-state index contributed by atoms with van der Waals surface area (Å²) in [5, 5.41) is 33.4. The molecular weight excluding hydrogens is 418 g/mol. The van der Waals surface area contributed by atoms with E-state index in [9.17, 15) is 0 Å². The van der Waals surface area contributed by atoms with Gasteiger partial charge in [0, 0.05) is 14.2 Å². The molecule has 2 aromatic heterocycles. The second kappa shape index (κ2) is 9.67. The fourth-order valence-corrected chi connectivity index (χ4v) is 3.48. The number of methoxy groups -OCH3 is 2. The average Bonchev–Trinajstić information content (AvgIpc) is 3.37. The van der Waals surface area contributed by atoms with Gasteiger partial charge in [-0.15, -0.1) is 10.2 Å². The highest BCUT2D eigenvalue weighted by Gasteiger charge is 2.30. The van der Waals surface area contributed by atoms with Gasteiger partial charge in [-0.1, -0.05) is 0 Å². The Morgan fingerprint density at radius 3 is 2.41 bits per heavy atom. The van der Waals surface area contributed by atoms with E-state index in [-0.39, 0.29) is 17.8 Å². The normalized spacial score (nSPS) is 24.8. The smallest absolute Gasteiger partial charge is 0.251 e. The molecule has 2 unspecified atom stereocenters. The molecule has 2 aromatic rings. The fraction of sp³-hybridized carbons (Fsp3) is 0.588. The van der Waals surface area contributed by atoms with E-state index in [0.717, 1.165) is 19.5 Å². The van der Waals surface area contributed by atoms with Crippen LogP contribution in [0.2, 0.25) is 0 Å². The Morgan fingerprint density at radius 2 is 1.78 bits per heavy atom. The maximum Gasteiger partial charge on any atom is 0.251 e. The molecule has 0 aliphatic carbocycles. The van der Waals surface area contributed by atoms with Crippen molar-refractivity contribution in [3.8, 4) is 0 Å². The van der Waals surface area contributed by atoms with Crippen LogP contribution in [0, 0.1) is 13.5 Å². The van der Waals surface area contributed by atoms with Gasteiger partial charge < -0.3 is 15.2 Å². The number of hydrogen-bond donors (Lipinski definition) is 6. The second-order valence-electron chi connectivity index (χ2n) is 7.17. The molecular formula is C17H27N13O2. The first-order valence-electron chi connectivity index (χ1n) is 10.1. The molecule has 172 valence electrons. The lowest BCUT2D eigenvalue weighted by molar-refractivity contribution is -0.0980. The predicted octanol–water partition coefficient (Wildman–Crippen LogP) is 0.0739. The van der Waals surface area contributed by atoms with E-state index < -0.39 is 19.0 Å². The standard InChI is InChI=1S/C17H27N13O2/c1-9-11(12(18)29(28-9)14-20-6-5-7-21-14)26-27-13-10(19-2)8-22-30(13)15-23-16(31-3)25-17(24-15)32-4/h8,14-17,20-21,23-25H,5-7,18H2,1,3-4H3. The van der Waals surface area contributed by atoms with Crippen LogP contribution < -0.4 is 32.3 Å². The lowest BCUT2D eigenvalue weighted by Crippen LogP contribution is -2.65. The van der Waals surface area contributed by atoms with E-state index >= 15 is 0 Å². The molecule has 2 aliphatic heterocycles. The maximum absolute atomic E-state index is 7.48. The van der Waals surface area contributed by atoms with Gasteiger partial charge in [-0.05, 0) is 26.4 Å². The molecule has 4 heterocycles. The first kappa shape index (κ1) is 22.2. The number of aryl methyl sites for hydroxylation is 1. The molecule has 0 bridgehead atoms. The van der Waals surface area contributed by atoms with Crippen molar-refractivity contribution in [2.75, 3.05) is 33.0 Å². The van der Waals surface area contributed by atoms with Crippen molar-refractivity contribution in [3.05, 3.63) is 23.3 Å². The number of ether oxygens (including phenoxy) is 2. The number of nitrogens with one attached hydrogen (secondary N) is 5. The molecule has 0 radical (unpaired) electrons. The Balaban J connectivity index is 1.63. The van der Waals surface area contributed by atoms with Gasteiger partial charge in [0.2, 0.25) is 0 Å². The Kier molecular flexibility index (Phi) is 6.72. The van der Waals surface area contributed by atoms with Gasteiger partial charge in [0.05, 0.1) is 18.5 Å². The number of hydrogen-bond acceptors (Lipinski definition) is 12. The predicted molar refractivity (Wildman–Crippen MR) is 114 cm³/mol. The summed E-state index contributed by atoms with van der Waals surface area (Å²) in [6.45, 7) is 11.0. The quantitative estimate of drug-likeness (QED) is 0.264. The molecule has 2 fully saturated rings. The first-order valence-corrected chi connectivity index (χ1v) is 10.1. The topological polar surface area (TPSA) is 169 Å². The minimum absolute atomic E-state index is 0.212. The summed E-state index contributed by atoms with van der Waals surface area (Å²) >= 11 is 0. The van der Waals surface area contributed by atoms with Crippen LogP contribution in [0.3, 0.4) is 0 Å². The molecule has 2 atom stereocenters. The van der Waals surface area contributed by atoms with E-state index in [2.05, 4.69) is 51.9 Å². The van der Waals surface area contributed by atoms with Crippen LogP contribution in [0.25, 0.3) is 4.85 Å². The Morgan fingerprint density at radius 1 is 1.09 bits per heavy atom. The molecule has 4 rings (SSSR count). The summed E-state index contributed by atoms with van der Waals surface area (Å²) in [4.78, 5) is 3.51. The van der Waals surface area contributed by atoms with E-state index in [1.54, 1.807) is 25.8 Å². The zero-order valence-corrected chi connectivity index (χ0v) is 18.0. The number of anilines is 1. The third kappa shape index (κ3) is 4.33. The average molecular weight is 445 g/mol. The fourth-order valence-electron chi connectivity index (χ4n) is 3.48. The van der Waals surface area contributed by atoms with E-state index in [1.165, 1.54) is 10.9 Å². The van der Waals surface area contributed by atoms with Crippen molar-refractivity contribution in [1.29, 1.82) is 0 Å². The number of nitrogens with zero attached hydrogens (tertiary/aromatic N) is 7. The molecule has 7 N–H and O–H groups in total. The molecule has 0 saturated carbocycles. The monoisotopic (exact) mass is 445 g/mol. The summed E-state index contributed by atoms with van der Waals surface area (Å²) < 4.78 is 13.8. The SMILES string of the molecule is [C-]#[N+]c1cnn(C2NC(OC)NC(OC)N2)c1N=Nc1c(C)nn(C2NCCCN2)c1N. The van der Waals surface area contributed by atoms with Crippen LogP contribution in [0.15, 0.2) is 16.4 Å². The summed E-state index contributed by atoms with van der Waals surface area (Å²) in [7, 11) is 3.10. The van der Waals surface area contributed by atoms with Gasteiger partial charge in [0.1, 0.15) is 0 Å². The maximum atomic E-state index is 7.48. The minimum atomic E-state index is -0.576. The highest BCUT2D eigenvalue weighted by molar-refractivity contribution is 5.64. The highest BCUT2D eigenvalue weighted by Crippen LogP contribution is 2.34. The molecule has 15 nitrogen and oxygen atoms in total. The number of nitrogens with two attached hydrogens (primary N) is 1. The lowest BCUT2D eigenvalue weighted by Gasteiger charge is -2.37. The van der Waals surface area contributed by atoms with Crippen LogP contribution in [-0.2, 0) is 9.47 Å². The molecule has 32 heavy (non-hydrogen) atoms. The third-order valence-corrected chi connectivity index (χ3v) is 5.12. The Bertz CT molecular complexity index is 991. The van der Waals surface area contributed by atoms with Crippen molar-refractivity contribution in [2.45, 2.75) is 38.6 Å². The summed E-state index contributed by atoms with van der Waals surface area (Å²) in [5.74, 6) is 0.614. The van der Waals surface area contributed by atoms with Gasteiger partial charge in [-0.25, -0.2) is 30.2 Å². The second-order valence-corrected chi connectivity index (χ2v) is 7.17. The molecule has 0 spiro atoms. The Hall–Kier alpha value is -2.97.